The molecule has 2 N–H and O–H groups in total. The number of carbonyl (C=O) groups is 2. The second kappa shape index (κ2) is 40.6. The van der Waals surface area contributed by atoms with Crippen molar-refractivity contribution < 1.29 is 69.5 Å². The Labute approximate surface area is 630 Å². The first-order chi connectivity index (χ1) is 48.3. The summed E-state index contributed by atoms with van der Waals surface area (Å²) in [4.78, 5) is 41.4. The first-order valence-corrected chi connectivity index (χ1v) is 34.8. The second-order valence-electron chi connectivity index (χ2n) is 26.0. The number of aliphatic hydroxyl groups is 2. The summed E-state index contributed by atoms with van der Waals surface area (Å²) < 4.78 is 11.4. The number of unbranched alkanes of at least 4 members (excludes halogenated alkanes) is 5. The molecule has 0 spiro atoms. The number of pyridine rings is 4. The number of benzene rings is 8. The summed E-state index contributed by atoms with van der Waals surface area (Å²) in [6.45, 7) is 21.6. The molecule has 0 amide bonds. The van der Waals surface area contributed by atoms with Crippen LogP contribution in [0.5, 0.6) is 0 Å². The summed E-state index contributed by atoms with van der Waals surface area (Å²) in [5.41, 5.74) is 20.1. The van der Waals surface area contributed by atoms with Crippen molar-refractivity contribution in [3.8, 4) is 45.0 Å². The summed E-state index contributed by atoms with van der Waals surface area (Å²) in [7, 11) is 0. The van der Waals surface area contributed by atoms with E-state index in [4.69, 9.17) is 24.7 Å². The van der Waals surface area contributed by atoms with Gasteiger partial charge in [0.1, 0.15) is 0 Å². The number of hydrogen-bond acceptors (Lipinski definition) is 10. The zero-order chi connectivity index (χ0) is 70.9. The fourth-order valence-corrected chi connectivity index (χ4v) is 12.8. The predicted octanol–water partition coefficient (Wildman–Crippen LogP) is 21.9. The van der Waals surface area contributed by atoms with E-state index in [0.29, 0.717) is 45.7 Å². The normalized spacial score (nSPS) is 11.2. The molecule has 12 heteroatoms. The Kier molecular flexibility index (Phi) is 32.0. The molecule has 0 aliphatic heterocycles. The Hall–Kier alpha value is -8.96. The van der Waals surface area contributed by atoms with E-state index in [1.54, 1.807) is 0 Å². The minimum Gasteiger partial charge on any atom is -0.512 e. The van der Waals surface area contributed by atoms with Crippen LogP contribution in [0.15, 0.2) is 206 Å². The molecule has 12 aromatic rings. The molecule has 4 aromatic heterocycles. The fraction of sp³-hybridized carbons (Fsp3) is 0.267. The molecule has 12 rings (SSSR count). The molecule has 10 nitrogen and oxygen atoms in total. The smallest absolute Gasteiger partial charge is 0.159 e. The first-order valence-electron chi connectivity index (χ1n) is 34.8. The molecule has 8 aromatic carbocycles. The van der Waals surface area contributed by atoms with E-state index in [1.165, 1.54) is 99.0 Å². The van der Waals surface area contributed by atoms with Crippen molar-refractivity contribution in [2.45, 2.75) is 140 Å². The van der Waals surface area contributed by atoms with Gasteiger partial charge in [0, 0.05) is 96.6 Å². The number of allylic oxidation sites excluding steroid dienone is 4. The molecule has 0 aliphatic carbocycles. The Morgan fingerprint density at radius 2 is 0.725 bits per heavy atom. The minimum atomic E-state index is -0.0897. The van der Waals surface area contributed by atoms with Crippen molar-refractivity contribution in [3.63, 3.8) is 0 Å². The van der Waals surface area contributed by atoms with Gasteiger partial charge < -0.3 is 39.6 Å². The van der Waals surface area contributed by atoms with Gasteiger partial charge in [0.25, 0.3) is 0 Å². The van der Waals surface area contributed by atoms with Crippen LogP contribution in [0.4, 0.5) is 0 Å². The number of aryl methyl sites for hydroxylation is 9. The number of hydrogen-bond donors (Lipinski definition) is 2. The first kappa shape index (κ1) is 80.4. The van der Waals surface area contributed by atoms with Crippen molar-refractivity contribution in [3.05, 3.63) is 286 Å². The average molecular weight is 1710 g/mol. The zero-order valence-electron chi connectivity index (χ0n) is 60.4. The quantitative estimate of drug-likeness (QED) is 0.0260. The summed E-state index contributed by atoms with van der Waals surface area (Å²) in [6, 6.07) is 68.4. The number of carbonyl (C=O) groups excluding carboxylic acids is 2. The Bertz CT molecular complexity index is 4450. The monoisotopic (exact) mass is 1710 g/mol. The number of aromatic nitrogens is 4. The average Bonchev–Trinajstić information content (AvgIpc) is 0.803. The van der Waals surface area contributed by atoms with E-state index < -0.39 is 0 Å². The van der Waals surface area contributed by atoms with E-state index in [0.717, 1.165) is 116 Å². The van der Waals surface area contributed by atoms with Gasteiger partial charge in [0.05, 0.1) is 31.3 Å². The third-order valence-corrected chi connectivity index (χ3v) is 17.0. The van der Waals surface area contributed by atoms with Crippen molar-refractivity contribution in [2.24, 2.45) is 0 Å². The Morgan fingerprint density at radius 1 is 0.373 bits per heavy atom. The molecular formula is C90H92Ir2N4O6-4. The van der Waals surface area contributed by atoms with Crippen LogP contribution in [-0.2, 0) is 72.3 Å². The van der Waals surface area contributed by atoms with Gasteiger partial charge in [-0.25, -0.2) is 0 Å². The predicted molar refractivity (Wildman–Crippen MR) is 410 cm³/mol. The van der Waals surface area contributed by atoms with Crippen LogP contribution < -0.4 is 0 Å². The van der Waals surface area contributed by atoms with Gasteiger partial charge in [-0.2, -0.15) is 0 Å². The molecule has 2 radical (unpaired) electrons. The third kappa shape index (κ3) is 24.1. The summed E-state index contributed by atoms with van der Waals surface area (Å²) in [5.74, 6) is 0.0626. The zero-order valence-corrected chi connectivity index (χ0v) is 65.1. The summed E-state index contributed by atoms with van der Waals surface area (Å²) in [6.07, 6.45) is 19.3. The summed E-state index contributed by atoms with van der Waals surface area (Å²) in [5, 5.41) is 27.7. The van der Waals surface area contributed by atoms with Gasteiger partial charge in [-0.05, 0) is 141 Å². The molecule has 0 unspecified atom stereocenters. The van der Waals surface area contributed by atoms with Crippen LogP contribution in [0.1, 0.15) is 127 Å². The topological polar surface area (TPSA) is 145 Å². The van der Waals surface area contributed by atoms with Crippen molar-refractivity contribution >= 4 is 54.7 Å². The van der Waals surface area contributed by atoms with Crippen molar-refractivity contribution in [2.75, 3.05) is 19.8 Å². The molecule has 4 heterocycles. The maximum atomic E-state index is 11.6. The molecule has 530 valence electrons. The molecule has 0 saturated carbocycles. The standard InChI is InChI=1S/C29H34NO2.C27H30NO4.2C17H14N.2Ir/c1-21-17-22(2)19-25(18-21)29-28-14-10-12-24(27(28)15-16-30-29)11-8-6-4-5-7-9-13-26(32)20-23(3)31;1-19-14-20(2)16-23(15-19)27-26-8-4-6-22(25(26)9-10-28-27)18-32-13-12-31-11-5-7-24(30)17-21(3)29;2*1-12-9-13(2)11-15(10-12)17-16-6-4-3-5-14(16)7-8-18-17;;/h10,12,14-18,20,31H,4-9,11,13H2,1-3H3;4,6,8-10,14-15,17,29H,5,7,11-13,18H2,1-3H3;2*3-10H,1-2H3;;/q4*-1;;. The number of ether oxygens (including phenoxy) is 2. The van der Waals surface area contributed by atoms with Crippen molar-refractivity contribution in [1.29, 1.82) is 0 Å². The molecule has 0 saturated heterocycles. The van der Waals surface area contributed by atoms with Crippen LogP contribution in [0, 0.1) is 79.7 Å². The number of ketones is 2. The molecular weight excluding hydrogens is 1620 g/mol. The van der Waals surface area contributed by atoms with E-state index >= 15 is 0 Å². The van der Waals surface area contributed by atoms with Crippen LogP contribution in [-0.4, -0.2) is 61.5 Å². The number of nitrogens with zero attached hydrogens (tertiary/aromatic N) is 4. The van der Waals surface area contributed by atoms with E-state index in [1.807, 2.05) is 56.0 Å². The van der Waals surface area contributed by atoms with Gasteiger partial charge in [-0.1, -0.05) is 166 Å². The van der Waals surface area contributed by atoms with E-state index in [2.05, 4.69) is 221 Å². The fourth-order valence-electron chi connectivity index (χ4n) is 12.8. The molecule has 0 fully saturated rings. The maximum absolute atomic E-state index is 11.6. The SMILES string of the molecule is CC(O)=CC(=O)CCCCCCCCc1cccc2c(-c3[c-]c(C)cc(C)c3)nccc12.CC(O)=CC(=O)CCCOCCOCc1cccc2c(-c3[c-]c(C)cc(C)c3)nccc12.Cc1[c-]c(-c2nccc3ccccc23)cc(C)c1.Cc1[c-]c(-c2nccc3ccccc23)cc(C)c1.[Ir].[Ir]. The number of rotatable bonds is 24. The Morgan fingerprint density at radius 3 is 1.16 bits per heavy atom. The molecule has 0 aliphatic rings. The van der Waals surface area contributed by atoms with Gasteiger partial charge in [0.15, 0.2) is 11.6 Å². The third-order valence-electron chi connectivity index (χ3n) is 17.0. The van der Waals surface area contributed by atoms with Gasteiger partial charge in [0.2, 0.25) is 0 Å². The van der Waals surface area contributed by atoms with E-state index in [9.17, 15) is 9.59 Å². The molecule has 0 bridgehead atoms. The van der Waals surface area contributed by atoms with Gasteiger partial charge in [-0.15, -0.1) is 140 Å². The second-order valence-corrected chi connectivity index (χ2v) is 26.0. The van der Waals surface area contributed by atoms with Crippen molar-refractivity contribution in [1.82, 2.24) is 19.9 Å². The largest absolute Gasteiger partial charge is 0.512 e. The molecule has 102 heavy (non-hydrogen) atoms. The van der Waals surface area contributed by atoms with Gasteiger partial charge >= 0.3 is 0 Å². The van der Waals surface area contributed by atoms with Crippen LogP contribution in [0.3, 0.4) is 0 Å². The Balaban J connectivity index is 0.000000195. The minimum absolute atomic E-state index is 0. The van der Waals surface area contributed by atoms with Crippen LogP contribution in [0.25, 0.3) is 88.1 Å². The van der Waals surface area contributed by atoms with Gasteiger partial charge in [-0.3, -0.25) is 9.59 Å². The van der Waals surface area contributed by atoms with Crippen LogP contribution in [0.2, 0.25) is 0 Å². The number of aliphatic hydroxyl groups excluding tert-OH is 2. The molecule has 0 atom stereocenters. The maximum Gasteiger partial charge on any atom is 0.159 e. The number of fused-ring (bicyclic) bond motifs is 4. The van der Waals surface area contributed by atoms with E-state index in [-0.39, 0.29) is 63.3 Å². The summed E-state index contributed by atoms with van der Waals surface area (Å²) >= 11 is 0. The van der Waals surface area contributed by atoms with Crippen LogP contribution >= 0.6 is 0 Å².